The van der Waals surface area contributed by atoms with E-state index in [2.05, 4.69) is 5.73 Å². The molecule has 1 aromatic rings. The molecule has 0 heterocycles. The second kappa shape index (κ2) is 3.47. The number of benzene rings is 1. The van der Waals surface area contributed by atoms with Crippen molar-refractivity contribution < 1.29 is 5.73 Å². The minimum absolute atomic E-state index is 0. The van der Waals surface area contributed by atoms with Gasteiger partial charge in [0.05, 0.1) is 0 Å². The summed E-state index contributed by atoms with van der Waals surface area (Å²) in [4.78, 5) is 0. The summed E-state index contributed by atoms with van der Waals surface area (Å²) in [6.07, 6.45) is 0. The van der Waals surface area contributed by atoms with Gasteiger partial charge in [-0.3, -0.25) is 0 Å². The van der Waals surface area contributed by atoms with Gasteiger partial charge in [0.2, 0.25) is 0 Å². The van der Waals surface area contributed by atoms with Crippen LogP contribution in [0.4, 0.5) is 5.69 Å². The maximum absolute atomic E-state index is 3.72. The average Bonchev–Trinajstić information content (AvgIpc) is 1.69. The molecule has 0 atom stereocenters. The van der Waals surface area contributed by atoms with Crippen LogP contribution in [0, 0.1) is 0 Å². The number of quaternary nitrogens is 1. The molecule has 44 valence electrons. The predicted octanol–water partition coefficient (Wildman–Crippen LogP) is 0.982. The molecule has 0 amide bonds. The summed E-state index contributed by atoms with van der Waals surface area (Å²) in [5.41, 5.74) is 4.79. The first-order chi connectivity index (χ1) is 3.39. The van der Waals surface area contributed by atoms with Crippen LogP contribution in [-0.4, -0.2) is 0 Å². The Labute approximate surface area is 54.9 Å². The van der Waals surface area contributed by atoms with Crippen molar-refractivity contribution in [3.63, 3.8) is 0 Å². The molecule has 3 N–H and O–H groups in total. The highest BCUT2D eigenvalue weighted by Gasteiger charge is 1.77. The Morgan fingerprint density at radius 3 is 1.75 bits per heavy atom. The first-order valence-corrected chi connectivity index (χ1v) is 2.26. The van der Waals surface area contributed by atoms with Crippen LogP contribution in [0.15, 0.2) is 30.3 Å². The number of hydrogen-bond donors (Lipinski definition) is 1. The first-order valence-electron chi connectivity index (χ1n) is 2.26. The van der Waals surface area contributed by atoms with E-state index in [1.165, 1.54) is 0 Å². The highest BCUT2D eigenvalue weighted by Crippen LogP contribution is 1.93. The molecule has 0 unspecified atom stereocenters. The van der Waals surface area contributed by atoms with E-state index in [1.807, 2.05) is 30.3 Å². The second-order valence-electron chi connectivity index (χ2n) is 1.49. The molecule has 0 radical (unpaired) electrons. The molecule has 0 saturated carbocycles. The SMILES string of the molecule is Cl.[NH3+]c1ccccc1. The lowest BCUT2D eigenvalue weighted by Crippen LogP contribution is -2.39. The van der Waals surface area contributed by atoms with E-state index in [9.17, 15) is 0 Å². The van der Waals surface area contributed by atoms with Gasteiger partial charge in [-0.25, -0.2) is 0 Å². The van der Waals surface area contributed by atoms with Gasteiger partial charge in [0, 0.05) is 0 Å². The molecular formula is C6H9ClN+. The Kier molecular flexibility index (Phi) is 3.24. The smallest absolute Gasteiger partial charge is 0.127 e. The average molecular weight is 131 g/mol. The van der Waals surface area contributed by atoms with Crippen molar-refractivity contribution in [2.75, 3.05) is 0 Å². The summed E-state index contributed by atoms with van der Waals surface area (Å²) in [6, 6.07) is 9.87. The van der Waals surface area contributed by atoms with E-state index in [-0.39, 0.29) is 12.4 Å². The molecule has 0 aliphatic carbocycles. The summed E-state index contributed by atoms with van der Waals surface area (Å²) >= 11 is 0. The first kappa shape index (κ1) is 7.47. The zero-order chi connectivity index (χ0) is 5.11. The molecule has 1 nitrogen and oxygen atoms in total. The van der Waals surface area contributed by atoms with Crippen LogP contribution in [0.1, 0.15) is 0 Å². The van der Waals surface area contributed by atoms with Gasteiger partial charge in [-0.2, -0.15) is 0 Å². The topological polar surface area (TPSA) is 27.6 Å². The molecule has 0 spiro atoms. The lowest BCUT2D eigenvalue weighted by Gasteiger charge is -1.78. The Morgan fingerprint density at radius 2 is 1.50 bits per heavy atom. The van der Waals surface area contributed by atoms with Crippen LogP contribution in [-0.2, 0) is 0 Å². The second-order valence-corrected chi connectivity index (χ2v) is 1.49. The van der Waals surface area contributed by atoms with Crippen LogP contribution in [0.5, 0.6) is 0 Å². The summed E-state index contributed by atoms with van der Waals surface area (Å²) in [7, 11) is 0. The predicted molar refractivity (Wildman–Crippen MR) is 36.2 cm³/mol. The van der Waals surface area contributed by atoms with E-state index in [0.29, 0.717) is 0 Å². The van der Waals surface area contributed by atoms with Crippen LogP contribution < -0.4 is 5.73 Å². The minimum atomic E-state index is 0. The molecule has 0 aromatic heterocycles. The van der Waals surface area contributed by atoms with Crippen molar-refractivity contribution in [1.82, 2.24) is 0 Å². The summed E-state index contributed by atoms with van der Waals surface area (Å²) in [5, 5.41) is 0. The molecule has 2 heteroatoms. The van der Waals surface area contributed by atoms with Crippen molar-refractivity contribution in [3.05, 3.63) is 30.3 Å². The fourth-order valence-electron chi connectivity index (χ4n) is 0.478. The Balaban J connectivity index is 0.000000490. The van der Waals surface area contributed by atoms with Crippen molar-refractivity contribution >= 4 is 18.1 Å². The Morgan fingerprint density at radius 1 is 1.00 bits per heavy atom. The normalized spacial score (nSPS) is 7.62. The fourth-order valence-corrected chi connectivity index (χ4v) is 0.478. The number of rotatable bonds is 0. The Hall–Kier alpha value is -0.530. The van der Waals surface area contributed by atoms with Gasteiger partial charge in [-0.15, -0.1) is 12.4 Å². The van der Waals surface area contributed by atoms with Gasteiger partial charge in [0.1, 0.15) is 5.69 Å². The van der Waals surface area contributed by atoms with E-state index >= 15 is 0 Å². The lowest BCUT2D eigenvalue weighted by atomic mass is 10.3. The maximum atomic E-state index is 3.72. The molecule has 8 heavy (non-hydrogen) atoms. The van der Waals surface area contributed by atoms with Gasteiger partial charge in [-0.1, -0.05) is 18.2 Å². The van der Waals surface area contributed by atoms with Gasteiger partial charge < -0.3 is 5.73 Å². The van der Waals surface area contributed by atoms with Crippen LogP contribution >= 0.6 is 12.4 Å². The van der Waals surface area contributed by atoms with Crippen molar-refractivity contribution in [1.29, 1.82) is 0 Å². The van der Waals surface area contributed by atoms with E-state index in [4.69, 9.17) is 0 Å². The molecule has 0 fully saturated rings. The zero-order valence-corrected chi connectivity index (χ0v) is 5.32. The molecule has 0 bridgehead atoms. The van der Waals surface area contributed by atoms with Crippen molar-refractivity contribution in [2.45, 2.75) is 0 Å². The third-order valence-electron chi connectivity index (χ3n) is 0.843. The third-order valence-corrected chi connectivity index (χ3v) is 0.843. The molecule has 1 aromatic carbocycles. The van der Waals surface area contributed by atoms with E-state index in [1.54, 1.807) is 0 Å². The largest absolute Gasteiger partial charge is 0.325 e. The van der Waals surface area contributed by atoms with Gasteiger partial charge in [0.15, 0.2) is 0 Å². The molecular weight excluding hydrogens is 122 g/mol. The highest BCUT2D eigenvalue weighted by molar-refractivity contribution is 5.85. The third kappa shape index (κ3) is 1.96. The van der Waals surface area contributed by atoms with Crippen LogP contribution in [0.25, 0.3) is 0 Å². The van der Waals surface area contributed by atoms with Crippen LogP contribution in [0.2, 0.25) is 0 Å². The minimum Gasteiger partial charge on any atom is -0.325 e. The number of halogens is 1. The van der Waals surface area contributed by atoms with Gasteiger partial charge in [0.25, 0.3) is 0 Å². The van der Waals surface area contributed by atoms with E-state index < -0.39 is 0 Å². The molecule has 1 rings (SSSR count). The van der Waals surface area contributed by atoms with Crippen LogP contribution in [0.3, 0.4) is 0 Å². The summed E-state index contributed by atoms with van der Waals surface area (Å²) in [6.45, 7) is 0. The van der Waals surface area contributed by atoms with E-state index in [0.717, 1.165) is 5.69 Å². The Bertz CT molecular complexity index is 138. The highest BCUT2D eigenvalue weighted by atomic mass is 35.5. The maximum Gasteiger partial charge on any atom is 0.127 e. The zero-order valence-electron chi connectivity index (χ0n) is 4.50. The number of hydrogen-bond acceptors (Lipinski definition) is 0. The quantitative estimate of drug-likeness (QED) is 0.543. The van der Waals surface area contributed by atoms with Crippen molar-refractivity contribution in [3.8, 4) is 0 Å². The lowest BCUT2D eigenvalue weighted by molar-refractivity contribution is -0.254. The summed E-state index contributed by atoms with van der Waals surface area (Å²) in [5.74, 6) is 0. The van der Waals surface area contributed by atoms with Gasteiger partial charge >= 0.3 is 0 Å². The van der Waals surface area contributed by atoms with Crippen molar-refractivity contribution in [2.24, 2.45) is 0 Å². The standard InChI is InChI=1S/C6H7N.ClH/c7-6-4-2-1-3-5-6;/h1-5H,7H2;1H/p+1. The molecule has 0 saturated heterocycles. The molecule has 0 aliphatic rings. The van der Waals surface area contributed by atoms with Gasteiger partial charge in [-0.05, 0) is 12.1 Å². The monoisotopic (exact) mass is 130 g/mol. The summed E-state index contributed by atoms with van der Waals surface area (Å²) < 4.78 is 0. The fraction of sp³-hybridized carbons (Fsp3) is 0. The molecule has 0 aliphatic heterocycles.